The van der Waals surface area contributed by atoms with Crippen LogP contribution in [0.2, 0.25) is 0 Å². The number of rotatable bonds is 7. The SMILES string of the molecule is CCn1c(-c2cccnc2C(C)OC)c2c3cc(ccc31)-c1cc(O)cc(c1)CC(NSc1cn(C)c(C)n1)C(=O)N1CCC[C@H](N1)C(=O)OCC(C)(C)C2. The highest BCUT2D eigenvalue weighted by Gasteiger charge is 2.35. The van der Waals surface area contributed by atoms with Gasteiger partial charge in [-0.3, -0.25) is 19.6 Å². The Morgan fingerprint density at radius 1 is 1.16 bits per heavy atom. The zero-order valence-electron chi connectivity index (χ0n) is 32.7. The first-order chi connectivity index (χ1) is 26.3. The number of methoxy groups -OCH3 is 1. The van der Waals surface area contributed by atoms with Crippen molar-refractivity contribution in [2.24, 2.45) is 12.5 Å². The van der Waals surface area contributed by atoms with Crippen molar-refractivity contribution in [3.63, 3.8) is 0 Å². The van der Waals surface area contributed by atoms with E-state index in [4.69, 9.17) is 14.5 Å². The van der Waals surface area contributed by atoms with Crippen LogP contribution in [0, 0.1) is 12.3 Å². The number of carbonyl (C=O) groups is 2. The number of esters is 1. The van der Waals surface area contributed by atoms with Crippen molar-refractivity contribution in [1.29, 1.82) is 0 Å². The molecule has 13 heteroatoms. The highest BCUT2D eigenvalue weighted by molar-refractivity contribution is 7.97. The molecule has 55 heavy (non-hydrogen) atoms. The number of pyridine rings is 1. The normalized spacial score (nSPS) is 19.7. The number of ether oxygens (including phenoxy) is 2. The first-order valence-corrected chi connectivity index (χ1v) is 19.8. The number of nitrogens with one attached hydrogen (secondary N) is 2. The maximum absolute atomic E-state index is 14.3. The van der Waals surface area contributed by atoms with E-state index in [2.05, 4.69) is 64.7 Å². The van der Waals surface area contributed by atoms with Gasteiger partial charge in [0.1, 0.15) is 28.7 Å². The Labute approximate surface area is 326 Å². The number of hydrazine groups is 1. The Kier molecular flexibility index (Phi) is 11.1. The third kappa shape index (κ3) is 8.02. The Balaban J connectivity index is 1.38. The van der Waals surface area contributed by atoms with Crippen LogP contribution in [0.3, 0.4) is 0 Å². The maximum Gasteiger partial charge on any atom is 0.324 e. The number of nitrogens with zero attached hydrogens (tertiary/aromatic N) is 5. The standard InChI is InChI=1S/C42H51N7O5S/c1-8-48-36-14-13-28-21-32(36)33(39(48)31-11-9-15-43-38(31)25(2)53-7)22-42(4,5)24-54-41(52)34-12-10-16-49(45-34)40(51)35(19-27-17-29(28)20-30(50)18-27)46-55-37-23-47(6)26(3)44-37/h9,11,13-15,17-18,20-21,23,25,34-35,45-46,50H,8,10,12,16,19,22,24H2,1-7H3/t25?,34-,35?/m0/s1. The zero-order valence-corrected chi connectivity index (χ0v) is 33.5. The van der Waals surface area contributed by atoms with Crippen molar-refractivity contribution in [1.82, 2.24) is 34.3 Å². The summed E-state index contributed by atoms with van der Waals surface area (Å²) in [7, 11) is 3.62. The molecule has 1 saturated heterocycles. The molecule has 2 aliphatic rings. The lowest BCUT2D eigenvalue weighted by molar-refractivity contribution is -0.154. The lowest BCUT2D eigenvalue weighted by atomic mass is 9.84. The second kappa shape index (κ2) is 15.8. The van der Waals surface area contributed by atoms with Gasteiger partial charge < -0.3 is 23.7 Å². The third-order valence-electron chi connectivity index (χ3n) is 10.8. The van der Waals surface area contributed by atoms with E-state index in [1.165, 1.54) is 11.9 Å². The Hall–Kier alpha value is -4.69. The van der Waals surface area contributed by atoms with Crippen LogP contribution in [-0.2, 0) is 45.5 Å². The van der Waals surface area contributed by atoms with Crippen LogP contribution >= 0.6 is 11.9 Å². The van der Waals surface area contributed by atoms with Gasteiger partial charge in [-0.15, -0.1) is 0 Å². The molecule has 0 aliphatic carbocycles. The van der Waals surface area contributed by atoms with Gasteiger partial charge in [0.2, 0.25) is 0 Å². The van der Waals surface area contributed by atoms with Gasteiger partial charge in [-0.05, 0) is 117 Å². The number of imidazole rings is 1. The molecule has 3 atom stereocenters. The summed E-state index contributed by atoms with van der Waals surface area (Å²) in [6, 6.07) is 14.7. The molecule has 12 nitrogen and oxygen atoms in total. The first-order valence-electron chi connectivity index (χ1n) is 19.0. The predicted molar refractivity (Wildman–Crippen MR) is 214 cm³/mol. The topological polar surface area (TPSA) is 136 Å². The molecule has 6 bridgehead atoms. The average Bonchev–Trinajstić information content (AvgIpc) is 3.67. The quantitative estimate of drug-likeness (QED) is 0.122. The lowest BCUT2D eigenvalue weighted by Gasteiger charge is -2.35. The fourth-order valence-electron chi connectivity index (χ4n) is 7.75. The number of aryl methyl sites for hydroxylation is 3. The summed E-state index contributed by atoms with van der Waals surface area (Å²) in [5, 5.41) is 14.5. The summed E-state index contributed by atoms with van der Waals surface area (Å²) in [6.45, 7) is 11.7. The van der Waals surface area contributed by atoms with Crippen molar-refractivity contribution in [2.75, 3.05) is 20.3 Å². The molecule has 3 N–H and O–H groups in total. The number of phenols is 1. The molecule has 2 aromatic carbocycles. The minimum Gasteiger partial charge on any atom is -0.508 e. The van der Waals surface area contributed by atoms with Gasteiger partial charge in [0, 0.05) is 61.5 Å². The summed E-state index contributed by atoms with van der Waals surface area (Å²) in [4.78, 5) is 37.4. The van der Waals surface area contributed by atoms with Crippen molar-refractivity contribution in [2.45, 2.75) is 90.1 Å². The van der Waals surface area contributed by atoms with Crippen LogP contribution in [0.4, 0.5) is 0 Å². The van der Waals surface area contributed by atoms with E-state index in [9.17, 15) is 14.7 Å². The average molecular weight is 766 g/mol. The van der Waals surface area contributed by atoms with Gasteiger partial charge in [0.05, 0.1) is 24.1 Å². The van der Waals surface area contributed by atoms with E-state index in [1.54, 1.807) is 30.4 Å². The fourth-order valence-corrected chi connectivity index (χ4v) is 8.59. The molecule has 290 valence electrons. The molecule has 0 spiro atoms. The van der Waals surface area contributed by atoms with Crippen LogP contribution in [0.25, 0.3) is 33.3 Å². The number of aromatic nitrogens is 4. The van der Waals surface area contributed by atoms with E-state index in [-0.39, 0.29) is 36.8 Å². The third-order valence-corrected chi connectivity index (χ3v) is 11.6. The first kappa shape index (κ1) is 38.6. The van der Waals surface area contributed by atoms with Gasteiger partial charge in [-0.25, -0.2) is 15.1 Å². The monoisotopic (exact) mass is 765 g/mol. The molecule has 0 saturated carbocycles. The van der Waals surface area contributed by atoms with Crippen LogP contribution in [0.5, 0.6) is 5.75 Å². The van der Waals surface area contributed by atoms with Crippen LogP contribution < -0.4 is 10.1 Å². The number of fused-ring (bicyclic) bond motifs is 6. The van der Waals surface area contributed by atoms with E-state index in [0.717, 1.165) is 67.5 Å². The second-order valence-corrected chi connectivity index (χ2v) is 16.3. The number of benzene rings is 2. The summed E-state index contributed by atoms with van der Waals surface area (Å²) in [6.07, 6.45) is 5.56. The number of aromatic hydroxyl groups is 1. The largest absolute Gasteiger partial charge is 0.508 e. The molecular weight excluding hydrogens is 715 g/mol. The van der Waals surface area contributed by atoms with Gasteiger partial charge >= 0.3 is 5.97 Å². The maximum atomic E-state index is 14.3. The fraction of sp³-hybridized carbons (Fsp3) is 0.429. The van der Waals surface area contributed by atoms with Crippen molar-refractivity contribution in [3.05, 3.63) is 83.6 Å². The molecule has 1 fully saturated rings. The molecule has 3 aromatic heterocycles. The highest BCUT2D eigenvalue weighted by Crippen LogP contribution is 2.42. The molecule has 1 amide bonds. The smallest absolute Gasteiger partial charge is 0.324 e. The molecule has 0 radical (unpaired) electrons. The molecule has 5 aromatic rings. The van der Waals surface area contributed by atoms with Crippen molar-refractivity contribution in [3.8, 4) is 28.1 Å². The Bertz CT molecular complexity index is 2210. The Morgan fingerprint density at radius 2 is 1.98 bits per heavy atom. The Morgan fingerprint density at radius 3 is 2.73 bits per heavy atom. The zero-order chi connectivity index (χ0) is 39.0. The van der Waals surface area contributed by atoms with Crippen LogP contribution in [-0.4, -0.2) is 73.4 Å². The van der Waals surface area contributed by atoms with Crippen LogP contribution in [0.15, 0.2) is 66.0 Å². The lowest BCUT2D eigenvalue weighted by Crippen LogP contribution is -2.59. The minimum absolute atomic E-state index is 0.113. The molecule has 5 heterocycles. The molecular formula is C42H51N7O5S. The van der Waals surface area contributed by atoms with Gasteiger partial charge in [0.25, 0.3) is 5.91 Å². The summed E-state index contributed by atoms with van der Waals surface area (Å²) in [5.74, 6) is 0.379. The number of hydrogen-bond acceptors (Lipinski definition) is 10. The number of phenolic OH excluding ortho intramolecular Hbond substituents is 1. The van der Waals surface area contributed by atoms with Crippen molar-refractivity contribution < 1.29 is 24.2 Å². The second-order valence-electron chi connectivity index (χ2n) is 15.5. The predicted octanol–water partition coefficient (Wildman–Crippen LogP) is 6.67. The van der Waals surface area contributed by atoms with Gasteiger partial charge in [-0.1, -0.05) is 26.0 Å². The number of hydrogen-bond donors (Lipinski definition) is 3. The number of cyclic esters (lactones) is 1. The highest BCUT2D eigenvalue weighted by atomic mass is 32.2. The molecule has 2 unspecified atom stereocenters. The van der Waals surface area contributed by atoms with Gasteiger partial charge in [-0.2, -0.15) is 0 Å². The molecule has 7 rings (SSSR count). The number of amides is 1. The van der Waals surface area contributed by atoms with E-state index >= 15 is 0 Å². The summed E-state index contributed by atoms with van der Waals surface area (Å²) < 4.78 is 19.5. The van der Waals surface area contributed by atoms with Gasteiger partial charge in [0.15, 0.2) is 0 Å². The van der Waals surface area contributed by atoms with E-state index < -0.39 is 17.5 Å². The minimum atomic E-state index is -0.708. The van der Waals surface area contributed by atoms with E-state index in [1.807, 2.05) is 43.8 Å². The number of carbonyl (C=O) groups excluding carboxylic acids is 2. The van der Waals surface area contributed by atoms with E-state index in [0.29, 0.717) is 25.8 Å². The summed E-state index contributed by atoms with van der Waals surface area (Å²) >= 11 is 1.29. The van der Waals surface area contributed by atoms with Crippen LogP contribution in [0.1, 0.15) is 69.3 Å². The van der Waals surface area contributed by atoms with Crippen molar-refractivity contribution >= 4 is 34.7 Å². The molecule has 2 aliphatic heterocycles. The summed E-state index contributed by atoms with van der Waals surface area (Å²) in [5.41, 5.74) is 10.4.